The zero-order valence-electron chi connectivity index (χ0n) is 15.0. The molecule has 0 spiro atoms. The number of hydrogen-bond acceptors (Lipinski definition) is 4. The van der Waals surface area contributed by atoms with E-state index in [1.165, 1.54) is 0 Å². The minimum atomic E-state index is -0.306. The van der Waals surface area contributed by atoms with E-state index < -0.39 is 0 Å². The average Bonchev–Trinajstić information content (AvgIpc) is 2.54. The fourth-order valence-corrected chi connectivity index (χ4v) is 3.08. The maximum absolute atomic E-state index is 12.3. The summed E-state index contributed by atoms with van der Waals surface area (Å²) in [7, 11) is 3.56. The minimum Gasteiger partial charge on any atom is -0.481 e. The van der Waals surface area contributed by atoms with Crippen molar-refractivity contribution in [3.8, 4) is 5.88 Å². The van der Waals surface area contributed by atoms with Crippen LogP contribution in [0, 0.1) is 11.3 Å². The van der Waals surface area contributed by atoms with Crippen molar-refractivity contribution >= 4 is 11.7 Å². The third-order valence-corrected chi connectivity index (χ3v) is 4.38. The van der Waals surface area contributed by atoms with Gasteiger partial charge in [0.05, 0.1) is 7.11 Å². The van der Waals surface area contributed by atoms with Crippen LogP contribution in [-0.2, 0) is 4.79 Å². The highest BCUT2D eigenvalue weighted by molar-refractivity contribution is 5.81. The van der Waals surface area contributed by atoms with Gasteiger partial charge in [-0.1, -0.05) is 26.8 Å². The van der Waals surface area contributed by atoms with Crippen molar-refractivity contribution < 1.29 is 9.53 Å². The van der Waals surface area contributed by atoms with E-state index in [4.69, 9.17) is 4.74 Å². The quantitative estimate of drug-likeness (QED) is 0.856. The summed E-state index contributed by atoms with van der Waals surface area (Å²) in [6, 6.07) is 5.87. The number of methoxy groups -OCH3 is 1. The molecule has 0 bridgehead atoms. The van der Waals surface area contributed by atoms with E-state index >= 15 is 0 Å². The molecule has 5 nitrogen and oxygen atoms in total. The second-order valence-corrected chi connectivity index (χ2v) is 7.40. The Morgan fingerprint density at radius 2 is 2.00 bits per heavy atom. The maximum atomic E-state index is 12.3. The SMILES string of the molecule is COc1cccc(N2CCC(CN(C)C(=O)C(C)(C)C)CC2)n1. The Kier molecular flexibility index (Phi) is 5.50. The minimum absolute atomic E-state index is 0.217. The predicted octanol–water partition coefficient (Wildman–Crippen LogP) is 2.81. The van der Waals surface area contributed by atoms with Gasteiger partial charge in [0.25, 0.3) is 0 Å². The second kappa shape index (κ2) is 7.20. The van der Waals surface area contributed by atoms with Crippen molar-refractivity contribution in [1.29, 1.82) is 0 Å². The first-order chi connectivity index (χ1) is 10.8. The lowest BCUT2D eigenvalue weighted by molar-refractivity contribution is -0.138. The van der Waals surface area contributed by atoms with E-state index in [1.807, 2.05) is 50.9 Å². The Morgan fingerprint density at radius 3 is 2.57 bits per heavy atom. The lowest BCUT2D eigenvalue weighted by Crippen LogP contribution is -2.42. The van der Waals surface area contributed by atoms with E-state index in [9.17, 15) is 4.79 Å². The Morgan fingerprint density at radius 1 is 1.35 bits per heavy atom. The van der Waals surface area contributed by atoms with Gasteiger partial charge in [0, 0.05) is 38.2 Å². The van der Waals surface area contributed by atoms with Crippen LogP contribution in [0.5, 0.6) is 5.88 Å². The topological polar surface area (TPSA) is 45.7 Å². The summed E-state index contributed by atoms with van der Waals surface area (Å²) in [5.74, 6) is 2.41. The van der Waals surface area contributed by atoms with Crippen LogP contribution in [0.25, 0.3) is 0 Å². The van der Waals surface area contributed by atoms with E-state index in [2.05, 4.69) is 9.88 Å². The molecule has 1 amide bonds. The first kappa shape index (κ1) is 17.6. The van der Waals surface area contributed by atoms with E-state index in [0.29, 0.717) is 11.8 Å². The first-order valence-corrected chi connectivity index (χ1v) is 8.33. The van der Waals surface area contributed by atoms with Crippen LogP contribution in [0.2, 0.25) is 0 Å². The van der Waals surface area contributed by atoms with Crippen LogP contribution in [-0.4, -0.2) is 49.6 Å². The lowest BCUT2D eigenvalue weighted by atomic mass is 9.92. The normalized spacial score (nSPS) is 16.3. The second-order valence-electron chi connectivity index (χ2n) is 7.40. The monoisotopic (exact) mass is 319 g/mol. The van der Waals surface area contributed by atoms with Crippen LogP contribution >= 0.6 is 0 Å². The summed E-state index contributed by atoms with van der Waals surface area (Å²) >= 11 is 0. The van der Waals surface area contributed by atoms with Gasteiger partial charge in [0.2, 0.25) is 11.8 Å². The number of carbonyl (C=O) groups is 1. The molecule has 23 heavy (non-hydrogen) atoms. The number of piperidine rings is 1. The number of hydrogen-bond donors (Lipinski definition) is 0. The van der Waals surface area contributed by atoms with Crippen molar-refractivity contribution in [1.82, 2.24) is 9.88 Å². The highest BCUT2D eigenvalue weighted by Crippen LogP contribution is 2.25. The highest BCUT2D eigenvalue weighted by atomic mass is 16.5. The number of anilines is 1. The van der Waals surface area contributed by atoms with Crippen LogP contribution in [0.1, 0.15) is 33.6 Å². The molecule has 1 aliphatic rings. The molecule has 0 aliphatic carbocycles. The molecule has 0 saturated carbocycles. The van der Waals surface area contributed by atoms with E-state index in [0.717, 1.165) is 38.3 Å². The van der Waals surface area contributed by atoms with E-state index in [1.54, 1.807) is 7.11 Å². The van der Waals surface area contributed by atoms with Crippen LogP contribution in [0.15, 0.2) is 18.2 Å². The van der Waals surface area contributed by atoms with Crippen molar-refractivity contribution in [2.45, 2.75) is 33.6 Å². The summed E-state index contributed by atoms with van der Waals surface area (Å²) in [4.78, 5) is 21.0. The van der Waals surface area contributed by atoms with Gasteiger partial charge in [-0.2, -0.15) is 4.98 Å². The number of pyridine rings is 1. The fraction of sp³-hybridized carbons (Fsp3) is 0.667. The van der Waals surface area contributed by atoms with Gasteiger partial charge in [-0.3, -0.25) is 4.79 Å². The Hall–Kier alpha value is -1.78. The first-order valence-electron chi connectivity index (χ1n) is 8.33. The number of aromatic nitrogens is 1. The van der Waals surface area contributed by atoms with Gasteiger partial charge in [-0.25, -0.2) is 0 Å². The van der Waals surface area contributed by atoms with Crippen molar-refractivity contribution in [2.75, 3.05) is 38.7 Å². The fourth-order valence-electron chi connectivity index (χ4n) is 3.08. The molecule has 0 unspecified atom stereocenters. The molecule has 5 heteroatoms. The zero-order chi connectivity index (χ0) is 17.0. The molecular weight excluding hydrogens is 290 g/mol. The molecule has 128 valence electrons. The smallest absolute Gasteiger partial charge is 0.227 e. The summed E-state index contributed by atoms with van der Waals surface area (Å²) in [6.07, 6.45) is 2.17. The molecule has 1 aliphatic heterocycles. The Labute approximate surface area is 139 Å². The zero-order valence-corrected chi connectivity index (χ0v) is 15.0. The largest absolute Gasteiger partial charge is 0.481 e. The van der Waals surface area contributed by atoms with Crippen molar-refractivity contribution in [3.05, 3.63) is 18.2 Å². The van der Waals surface area contributed by atoms with Crippen LogP contribution < -0.4 is 9.64 Å². The van der Waals surface area contributed by atoms with Gasteiger partial charge >= 0.3 is 0 Å². The summed E-state index contributed by atoms with van der Waals surface area (Å²) < 4.78 is 5.20. The number of amides is 1. The van der Waals surface area contributed by atoms with Gasteiger partial charge in [-0.15, -0.1) is 0 Å². The third kappa shape index (κ3) is 4.60. The number of ether oxygens (including phenoxy) is 1. The van der Waals surface area contributed by atoms with Gasteiger partial charge in [0.1, 0.15) is 5.82 Å². The number of rotatable bonds is 4. The maximum Gasteiger partial charge on any atom is 0.227 e. The van der Waals surface area contributed by atoms with E-state index in [-0.39, 0.29) is 11.3 Å². The average molecular weight is 319 g/mol. The molecule has 2 heterocycles. The number of carbonyl (C=O) groups excluding carboxylic acids is 1. The lowest BCUT2D eigenvalue weighted by Gasteiger charge is -2.35. The standard InChI is InChI=1S/C18H29N3O2/c1-18(2,3)17(22)20(4)13-14-9-11-21(12-10-14)15-7-6-8-16(19-15)23-5/h6-8,14H,9-13H2,1-5H3. The molecule has 1 aromatic rings. The molecule has 0 aromatic carbocycles. The third-order valence-electron chi connectivity index (χ3n) is 4.38. The van der Waals surface area contributed by atoms with Crippen LogP contribution in [0.3, 0.4) is 0 Å². The van der Waals surface area contributed by atoms with Gasteiger partial charge < -0.3 is 14.5 Å². The molecule has 0 radical (unpaired) electrons. The van der Waals surface area contributed by atoms with Gasteiger partial charge in [-0.05, 0) is 24.8 Å². The highest BCUT2D eigenvalue weighted by Gasteiger charge is 2.28. The molecule has 1 aromatic heterocycles. The Bertz CT molecular complexity index is 531. The molecule has 0 N–H and O–H groups in total. The number of nitrogens with zero attached hydrogens (tertiary/aromatic N) is 3. The molecule has 1 saturated heterocycles. The summed E-state index contributed by atoms with van der Waals surface area (Å²) in [5.41, 5.74) is -0.306. The molecular formula is C18H29N3O2. The van der Waals surface area contributed by atoms with Crippen molar-refractivity contribution in [3.63, 3.8) is 0 Å². The summed E-state index contributed by atoms with van der Waals surface area (Å²) in [6.45, 7) is 8.72. The van der Waals surface area contributed by atoms with Crippen LogP contribution in [0.4, 0.5) is 5.82 Å². The van der Waals surface area contributed by atoms with Crippen molar-refractivity contribution in [2.24, 2.45) is 11.3 Å². The molecule has 0 atom stereocenters. The van der Waals surface area contributed by atoms with Gasteiger partial charge in [0.15, 0.2) is 0 Å². The molecule has 2 rings (SSSR count). The predicted molar refractivity (Wildman–Crippen MR) is 92.8 cm³/mol. The summed E-state index contributed by atoms with van der Waals surface area (Å²) in [5, 5.41) is 0. The molecule has 1 fully saturated rings. The Balaban J connectivity index is 1.87.